The zero-order valence-electron chi connectivity index (χ0n) is 9.42. The van der Waals surface area contributed by atoms with Gasteiger partial charge in [0.2, 0.25) is 5.91 Å². The molecule has 16 heavy (non-hydrogen) atoms. The highest BCUT2D eigenvalue weighted by Crippen LogP contribution is 2.31. The van der Waals surface area contributed by atoms with Crippen molar-refractivity contribution in [2.45, 2.75) is 19.3 Å². The lowest BCUT2D eigenvalue weighted by Gasteiger charge is -2.11. The Morgan fingerprint density at radius 3 is 3.06 bits per heavy atom. The fourth-order valence-electron chi connectivity index (χ4n) is 1.87. The van der Waals surface area contributed by atoms with E-state index < -0.39 is 0 Å². The summed E-state index contributed by atoms with van der Waals surface area (Å²) in [5.74, 6) is -0.0659. The van der Waals surface area contributed by atoms with E-state index in [0.29, 0.717) is 6.54 Å². The van der Waals surface area contributed by atoms with Gasteiger partial charge in [-0.3, -0.25) is 4.79 Å². The Hall–Kier alpha value is -1.77. The number of para-hydroxylation sites is 1. The van der Waals surface area contributed by atoms with E-state index in [1.807, 2.05) is 31.2 Å². The van der Waals surface area contributed by atoms with Crippen LogP contribution in [0, 0.1) is 0 Å². The molecule has 1 aromatic carbocycles. The van der Waals surface area contributed by atoms with Crippen LogP contribution >= 0.6 is 0 Å². The van der Waals surface area contributed by atoms with Gasteiger partial charge in [-0.1, -0.05) is 31.7 Å². The van der Waals surface area contributed by atoms with Crippen molar-refractivity contribution in [1.82, 2.24) is 5.32 Å². The summed E-state index contributed by atoms with van der Waals surface area (Å²) in [6, 6.07) is 7.92. The first-order valence-corrected chi connectivity index (χ1v) is 5.53. The number of rotatable bonds is 3. The molecule has 1 amide bonds. The molecule has 1 unspecified atom stereocenters. The summed E-state index contributed by atoms with van der Waals surface area (Å²) in [5, 5.41) is 6.07. The monoisotopic (exact) mass is 216 g/mol. The first kappa shape index (κ1) is 10.7. The fraction of sp³-hybridized carbons (Fsp3) is 0.308. The van der Waals surface area contributed by atoms with Crippen molar-refractivity contribution >= 4 is 11.6 Å². The second-order valence-corrected chi connectivity index (χ2v) is 3.97. The predicted octanol–water partition coefficient (Wildman–Crippen LogP) is 2.24. The molecule has 2 N–H and O–H groups in total. The average molecular weight is 216 g/mol. The Labute approximate surface area is 95.6 Å². The number of nitrogens with one attached hydrogen (secondary N) is 2. The highest BCUT2D eigenvalue weighted by atomic mass is 16.1. The second-order valence-electron chi connectivity index (χ2n) is 3.97. The second kappa shape index (κ2) is 4.39. The molecule has 0 aliphatic carbocycles. The van der Waals surface area contributed by atoms with Gasteiger partial charge in [0.1, 0.15) is 0 Å². The number of carbonyl (C=O) groups excluding carboxylic acids is 1. The Balaban J connectivity index is 2.13. The largest absolute Gasteiger partial charge is 0.384 e. The topological polar surface area (TPSA) is 41.1 Å². The number of hydrogen-bond donors (Lipinski definition) is 2. The Kier molecular flexibility index (Phi) is 2.95. The highest BCUT2D eigenvalue weighted by Gasteiger charge is 2.27. The third kappa shape index (κ3) is 1.94. The van der Waals surface area contributed by atoms with Crippen LogP contribution in [0.5, 0.6) is 0 Å². The minimum atomic E-state index is -0.0977. The summed E-state index contributed by atoms with van der Waals surface area (Å²) < 4.78 is 0. The number of amides is 1. The maximum atomic E-state index is 12.0. The average Bonchev–Trinajstić information content (AvgIpc) is 2.72. The standard InChI is InChI=1S/C13H16N2O/c1-3-9(2)15-13(16)11-8-14-12-7-5-4-6-10(11)12/h4-7,11,14H,2-3,8H2,1H3,(H,15,16). The number of allylic oxidation sites excluding steroid dienone is 1. The van der Waals surface area contributed by atoms with E-state index in [2.05, 4.69) is 17.2 Å². The van der Waals surface area contributed by atoms with Crippen molar-refractivity contribution in [3.8, 4) is 0 Å². The number of carbonyl (C=O) groups is 1. The van der Waals surface area contributed by atoms with Gasteiger partial charge in [0.25, 0.3) is 0 Å². The zero-order valence-corrected chi connectivity index (χ0v) is 9.42. The van der Waals surface area contributed by atoms with Gasteiger partial charge in [0.15, 0.2) is 0 Å². The number of fused-ring (bicyclic) bond motifs is 1. The summed E-state index contributed by atoms with van der Waals surface area (Å²) in [6.45, 7) is 6.43. The maximum Gasteiger partial charge on any atom is 0.233 e. The van der Waals surface area contributed by atoms with Crippen LogP contribution in [0.2, 0.25) is 0 Å². The maximum absolute atomic E-state index is 12.0. The Morgan fingerprint density at radius 1 is 1.56 bits per heavy atom. The van der Waals surface area contributed by atoms with Crippen LogP contribution < -0.4 is 10.6 Å². The van der Waals surface area contributed by atoms with Gasteiger partial charge in [-0.15, -0.1) is 0 Å². The van der Waals surface area contributed by atoms with Gasteiger partial charge in [-0.2, -0.15) is 0 Å². The zero-order chi connectivity index (χ0) is 11.5. The first-order chi connectivity index (χ1) is 7.72. The van der Waals surface area contributed by atoms with Crippen LogP contribution in [0.4, 0.5) is 5.69 Å². The fourth-order valence-corrected chi connectivity index (χ4v) is 1.87. The molecule has 1 heterocycles. The number of hydrogen-bond acceptors (Lipinski definition) is 2. The van der Waals surface area contributed by atoms with Gasteiger partial charge in [0.05, 0.1) is 5.92 Å². The highest BCUT2D eigenvalue weighted by molar-refractivity contribution is 5.89. The summed E-state index contributed by atoms with van der Waals surface area (Å²) in [5.41, 5.74) is 2.91. The lowest BCUT2D eigenvalue weighted by Crippen LogP contribution is -2.29. The van der Waals surface area contributed by atoms with Crippen molar-refractivity contribution in [2.75, 3.05) is 11.9 Å². The molecule has 1 aromatic rings. The molecule has 1 aliphatic heterocycles. The van der Waals surface area contributed by atoms with Gasteiger partial charge in [-0.25, -0.2) is 0 Å². The van der Waals surface area contributed by atoms with Gasteiger partial charge >= 0.3 is 0 Å². The molecule has 1 atom stereocenters. The van der Waals surface area contributed by atoms with E-state index in [0.717, 1.165) is 23.4 Å². The molecule has 3 heteroatoms. The SMILES string of the molecule is C=C(CC)NC(=O)C1CNc2ccccc21. The summed E-state index contributed by atoms with van der Waals surface area (Å²) in [4.78, 5) is 12.0. The third-order valence-corrected chi connectivity index (χ3v) is 2.88. The van der Waals surface area contributed by atoms with Crippen molar-refractivity contribution in [2.24, 2.45) is 0 Å². The predicted molar refractivity (Wildman–Crippen MR) is 65.2 cm³/mol. The minimum absolute atomic E-state index is 0.0318. The van der Waals surface area contributed by atoms with Crippen LogP contribution in [0.15, 0.2) is 36.5 Å². The molecule has 0 aromatic heterocycles. The molecule has 3 nitrogen and oxygen atoms in total. The molecule has 0 bridgehead atoms. The molecule has 0 radical (unpaired) electrons. The molecular formula is C13H16N2O. The smallest absolute Gasteiger partial charge is 0.233 e. The molecule has 2 rings (SSSR count). The Morgan fingerprint density at radius 2 is 2.31 bits per heavy atom. The number of anilines is 1. The molecule has 84 valence electrons. The van der Waals surface area contributed by atoms with Crippen LogP contribution in [-0.4, -0.2) is 12.5 Å². The van der Waals surface area contributed by atoms with Crippen LogP contribution in [0.25, 0.3) is 0 Å². The number of benzene rings is 1. The van der Waals surface area contributed by atoms with Crippen LogP contribution in [0.3, 0.4) is 0 Å². The molecule has 0 saturated heterocycles. The van der Waals surface area contributed by atoms with Crippen molar-refractivity contribution in [3.05, 3.63) is 42.1 Å². The van der Waals surface area contributed by atoms with E-state index in [9.17, 15) is 4.79 Å². The van der Waals surface area contributed by atoms with Crippen molar-refractivity contribution in [1.29, 1.82) is 0 Å². The van der Waals surface area contributed by atoms with Crippen LogP contribution in [0.1, 0.15) is 24.8 Å². The summed E-state index contributed by atoms with van der Waals surface area (Å²) in [7, 11) is 0. The lowest BCUT2D eigenvalue weighted by atomic mass is 10.0. The van der Waals surface area contributed by atoms with E-state index in [-0.39, 0.29) is 11.8 Å². The quantitative estimate of drug-likeness (QED) is 0.813. The molecule has 1 aliphatic rings. The minimum Gasteiger partial charge on any atom is -0.384 e. The van der Waals surface area contributed by atoms with E-state index >= 15 is 0 Å². The normalized spacial score (nSPS) is 17.4. The summed E-state index contributed by atoms with van der Waals surface area (Å²) >= 11 is 0. The third-order valence-electron chi connectivity index (χ3n) is 2.88. The van der Waals surface area contributed by atoms with Crippen molar-refractivity contribution in [3.63, 3.8) is 0 Å². The first-order valence-electron chi connectivity index (χ1n) is 5.53. The molecule has 0 fully saturated rings. The van der Waals surface area contributed by atoms with Crippen molar-refractivity contribution < 1.29 is 4.79 Å². The van der Waals surface area contributed by atoms with Gasteiger partial charge < -0.3 is 10.6 Å². The van der Waals surface area contributed by atoms with E-state index in [4.69, 9.17) is 0 Å². The van der Waals surface area contributed by atoms with E-state index in [1.165, 1.54) is 0 Å². The molecule has 0 spiro atoms. The molecular weight excluding hydrogens is 200 g/mol. The van der Waals surface area contributed by atoms with Gasteiger partial charge in [0, 0.05) is 17.9 Å². The van der Waals surface area contributed by atoms with Gasteiger partial charge in [-0.05, 0) is 18.1 Å². The summed E-state index contributed by atoms with van der Waals surface area (Å²) in [6.07, 6.45) is 0.771. The van der Waals surface area contributed by atoms with Crippen LogP contribution in [-0.2, 0) is 4.79 Å². The lowest BCUT2D eigenvalue weighted by molar-refractivity contribution is -0.121. The Bertz CT molecular complexity index is 426. The molecule has 0 saturated carbocycles. The van der Waals surface area contributed by atoms with E-state index in [1.54, 1.807) is 0 Å².